The van der Waals surface area contributed by atoms with Crippen molar-refractivity contribution >= 4 is 31.3 Å². The molecule has 112 valence electrons. The molecule has 2 aromatic carbocycles. The van der Waals surface area contributed by atoms with E-state index in [0.717, 1.165) is 11.1 Å². The Morgan fingerprint density at radius 3 is 2.33 bits per heavy atom. The summed E-state index contributed by atoms with van der Waals surface area (Å²) in [6.07, 6.45) is 0.322. The van der Waals surface area contributed by atoms with Gasteiger partial charge >= 0.3 is 0 Å². The fourth-order valence-corrected chi connectivity index (χ4v) is 2.87. The molecule has 21 heavy (non-hydrogen) atoms. The average Bonchev–Trinajstić information content (AvgIpc) is 2.45. The van der Waals surface area contributed by atoms with Crippen molar-refractivity contribution in [2.45, 2.75) is 6.42 Å². The summed E-state index contributed by atoms with van der Waals surface area (Å²) in [5, 5.41) is 0.491. The standard InChI is InChI=1S/C15H14Cl2O3S/c16-14-11-13(12-5-2-1-3-6-12)7-8-15(14)20-9-4-10-21(17,18)19/h1-3,5-8,11H,4,9-10H2. The molecule has 2 rings (SSSR count). The lowest BCUT2D eigenvalue weighted by Gasteiger charge is -2.09. The van der Waals surface area contributed by atoms with Crippen LogP contribution in [0.15, 0.2) is 48.5 Å². The number of rotatable bonds is 6. The highest BCUT2D eigenvalue weighted by molar-refractivity contribution is 8.13. The van der Waals surface area contributed by atoms with Crippen LogP contribution in [0.2, 0.25) is 5.02 Å². The van der Waals surface area contributed by atoms with Gasteiger partial charge in [-0.25, -0.2) is 8.42 Å². The van der Waals surface area contributed by atoms with Gasteiger partial charge in [-0.05, 0) is 29.7 Å². The summed E-state index contributed by atoms with van der Waals surface area (Å²) in [7, 11) is 1.65. The molecule has 0 amide bonds. The van der Waals surface area contributed by atoms with E-state index in [2.05, 4.69) is 0 Å². The van der Waals surface area contributed by atoms with Gasteiger partial charge in [0.2, 0.25) is 9.05 Å². The van der Waals surface area contributed by atoms with Crippen molar-refractivity contribution < 1.29 is 13.2 Å². The van der Waals surface area contributed by atoms with Crippen LogP contribution in [-0.2, 0) is 9.05 Å². The topological polar surface area (TPSA) is 43.4 Å². The van der Waals surface area contributed by atoms with E-state index in [-0.39, 0.29) is 12.4 Å². The Hall–Kier alpha value is -1.23. The summed E-state index contributed by atoms with van der Waals surface area (Å²) in [4.78, 5) is 0. The van der Waals surface area contributed by atoms with Crippen LogP contribution in [0.3, 0.4) is 0 Å². The number of ether oxygens (including phenoxy) is 1. The highest BCUT2D eigenvalue weighted by Gasteiger charge is 2.07. The predicted molar refractivity (Wildman–Crippen MR) is 86.6 cm³/mol. The van der Waals surface area contributed by atoms with Gasteiger partial charge in [0, 0.05) is 10.7 Å². The highest BCUT2D eigenvalue weighted by Crippen LogP contribution is 2.30. The first-order valence-electron chi connectivity index (χ1n) is 6.36. The molecule has 0 heterocycles. The zero-order chi connectivity index (χ0) is 15.3. The predicted octanol–water partition coefficient (Wildman–Crippen LogP) is 4.34. The normalized spacial score (nSPS) is 11.3. The summed E-state index contributed by atoms with van der Waals surface area (Å²) >= 11 is 6.18. The molecular formula is C15H14Cl2O3S. The lowest BCUT2D eigenvalue weighted by Crippen LogP contribution is -2.05. The van der Waals surface area contributed by atoms with Crippen molar-refractivity contribution in [3.8, 4) is 16.9 Å². The highest BCUT2D eigenvalue weighted by atomic mass is 35.7. The van der Waals surface area contributed by atoms with Crippen LogP contribution in [0.4, 0.5) is 0 Å². The second kappa shape index (κ2) is 7.16. The molecule has 0 fully saturated rings. The Morgan fingerprint density at radius 2 is 1.71 bits per heavy atom. The van der Waals surface area contributed by atoms with Crippen molar-refractivity contribution in [1.82, 2.24) is 0 Å². The summed E-state index contributed by atoms with van der Waals surface area (Å²) in [5.41, 5.74) is 2.07. The Balaban J connectivity index is 2.00. The van der Waals surface area contributed by atoms with Crippen LogP contribution >= 0.6 is 22.3 Å². The monoisotopic (exact) mass is 344 g/mol. The smallest absolute Gasteiger partial charge is 0.232 e. The van der Waals surface area contributed by atoms with Crippen LogP contribution < -0.4 is 4.74 Å². The molecule has 2 aromatic rings. The molecule has 0 bridgehead atoms. The van der Waals surface area contributed by atoms with Crippen molar-refractivity contribution in [2.75, 3.05) is 12.4 Å². The van der Waals surface area contributed by atoms with Gasteiger partial charge in [0.05, 0.1) is 17.4 Å². The van der Waals surface area contributed by atoms with Crippen molar-refractivity contribution in [1.29, 1.82) is 0 Å². The summed E-state index contributed by atoms with van der Waals surface area (Å²) in [5.74, 6) is 0.414. The SMILES string of the molecule is O=S(=O)(Cl)CCCOc1ccc(-c2ccccc2)cc1Cl. The van der Waals surface area contributed by atoms with Gasteiger partial charge in [0.1, 0.15) is 5.75 Å². The van der Waals surface area contributed by atoms with E-state index in [0.29, 0.717) is 17.2 Å². The molecule has 0 saturated heterocycles. The van der Waals surface area contributed by atoms with Crippen LogP contribution in [0, 0.1) is 0 Å². The molecule has 6 heteroatoms. The molecule has 0 saturated carbocycles. The zero-order valence-electron chi connectivity index (χ0n) is 11.1. The summed E-state index contributed by atoms with van der Waals surface area (Å²) in [6.45, 7) is 0.246. The third kappa shape index (κ3) is 5.23. The third-order valence-electron chi connectivity index (χ3n) is 2.83. The van der Waals surface area contributed by atoms with Crippen LogP contribution in [-0.4, -0.2) is 20.8 Å². The zero-order valence-corrected chi connectivity index (χ0v) is 13.5. The molecule has 0 aliphatic carbocycles. The molecule has 0 spiro atoms. The van der Waals surface area contributed by atoms with Crippen molar-refractivity contribution in [3.05, 3.63) is 53.6 Å². The summed E-state index contributed by atoms with van der Waals surface area (Å²) < 4.78 is 27.1. The maximum atomic E-state index is 10.8. The van der Waals surface area contributed by atoms with E-state index in [4.69, 9.17) is 27.0 Å². The van der Waals surface area contributed by atoms with Crippen molar-refractivity contribution in [2.24, 2.45) is 0 Å². The Kier molecular flexibility index (Phi) is 5.51. The van der Waals surface area contributed by atoms with Gasteiger partial charge < -0.3 is 4.74 Å². The van der Waals surface area contributed by atoms with Gasteiger partial charge in [-0.2, -0.15) is 0 Å². The van der Waals surface area contributed by atoms with Crippen LogP contribution in [0.1, 0.15) is 6.42 Å². The second-order valence-electron chi connectivity index (χ2n) is 4.46. The number of hydrogen-bond donors (Lipinski definition) is 0. The summed E-state index contributed by atoms with van der Waals surface area (Å²) in [6, 6.07) is 15.4. The number of halogens is 2. The van der Waals surface area contributed by atoms with Gasteiger partial charge in [0.15, 0.2) is 0 Å². The third-order valence-corrected chi connectivity index (χ3v) is 4.36. The molecule has 0 atom stereocenters. The van der Waals surface area contributed by atoms with Gasteiger partial charge in [-0.3, -0.25) is 0 Å². The van der Waals surface area contributed by atoms with Crippen LogP contribution in [0.5, 0.6) is 5.75 Å². The molecule has 3 nitrogen and oxygen atoms in total. The minimum atomic E-state index is -3.47. The first-order chi connectivity index (χ1) is 9.96. The van der Waals surface area contributed by atoms with Crippen LogP contribution in [0.25, 0.3) is 11.1 Å². The van der Waals surface area contributed by atoms with E-state index in [1.807, 2.05) is 42.5 Å². The first kappa shape index (κ1) is 16.1. The van der Waals surface area contributed by atoms with E-state index in [1.54, 1.807) is 6.07 Å². The quantitative estimate of drug-likeness (QED) is 0.578. The molecule has 0 aromatic heterocycles. The van der Waals surface area contributed by atoms with Gasteiger partial charge in [-0.1, -0.05) is 48.0 Å². The molecule has 0 N–H and O–H groups in total. The molecule has 0 aliphatic rings. The fourth-order valence-electron chi connectivity index (χ4n) is 1.84. The van der Waals surface area contributed by atoms with Gasteiger partial charge in [-0.15, -0.1) is 0 Å². The molecule has 0 radical (unpaired) electrons. The minimum absolute atomic E-state index is 0.117. The van der Waals surface area contributed by atoms with E-state index in [1.165, 1.54) is 0 Å². The fraction of sp³-hybridized carbons (Fsp3) is 0.200. The Bertz CT molecular complexity index is 700. The number of benzene rings is 2. The Labute approximate surface area is 133 Å². The number of hydrogen-bond acceptors (Lipinski definition) is 3. The second-order valence-corrected chi connectivity index (χ2v) is 7.76. The van der Waals surface area contributed by atoms with E-state index < -0.39 is 9.05 Å². The maximum absolute atomic E-state index is 10.8. The van der Waals surface area contributed by atoms with Crippen molar-refractivity contribution in [3.63, 3.8) is 0 Å². The van der Waals surface area contributed by atoms with E-state index in [9.17, 15) is 8.42 Å². The lowest BCUT2D eigenvalue weighted by molar-refractivity contribution is 0.318. The largest absolute Gasteiger partial charge is 0.492 e. The van der Waals surface area contributed by atoms with E-state index >= 15 is 0 Å². The van der Waals surface area contributed by atoms with Gasteiger partial charge in [0.25, 0.3) is 0 Å². The minimum Gasteiger partial charge on any atom is -0.492 e. The average molecular weight is 345 g/mol. The molecule has 0 unspecified atom stereocenters. The maximum Gasteiger partial charge on any atom is 0.232 e. The molecular weight excluding hydrogens is 331 g/mol. The first-order valence-corrected chi connectivity index (χ1v) is 9.21. The molecule has 0 aliphatic heterocycles. The lowest BCUT2D eigenvalue weighted by atomic mass is 10.1. The Morgan fingerprint density at radius 1 is 1.00 bits per heavy atom.